The molecule has 0 spiro atoms. The van der Waals surface area contributed by atoms with Gasteiger partial charge in [-0.15, -0.1) is 0 Å². The highest BCUT2D eigenvalue weighted by atomic mass is 127. The first kappa shape index (κ1) is 16.9. The van der Waals surface area contributed by atoms with Crippen LogP contribution in [0, 0.1) is 10.5 Å². The summed E-state index contributed by atoms with van der Waals surface area (Å²) in [5, 5.41) is 0. The zero-order valence-corrected chi connectivity index (χ0v) is 15.9. The summed E-state index contributed by atoms with van der Waals surface area (Å²) in [5.74, 6) is 1.37. The normalized spacial score (nSPS) is 14.6. The Morgan fingerprint density at radius 3 is 2.62 bits per heavy atom. The molecule has 0 bridgehead atoms. The molecule has 1 aliphatic rings. The van der Waals surface area contributed by atoms with Crippen molar-refractivity contribution in [3.05, 3.63) is 45.3 Å². The predicted molar refractivity (Wildman–Crippen MR) is 101 cm³/mol. The minimum atomic E-state index is 0.0873. The van der Waals surface area contributed by atoms with Crippen molar-refractivity contribution < 1.29 is 9.53 Å². The Morgan fingerprint density at radius 1 is 1.21 bits per heavy atom. The Bertz CT molecular complexity index is 745. The molecule has 24 heavy (non-hydrogen) atoms. The van der Waals surface area contributed by atoms with Crippen molar-refractivity contribution in [3.8, 4) is 5.88 Å². The Kier molecular flexibility index (Phi) is 5.17. The maximum Gasteiger partial charge on any atom is 0.254 e. The first-order valence-corrected chi connectivity index (χ1v) is 8.83. The van der Waals surface area contributed by atoms with Crippen LogP contribution in [0.3, 0.4) is 0 Å². The van der Waals surface area contributed by atoms with Gasteiger partial charge >= 0.3 is 0 Å². The quantitative estimate of drug-likeness (QED) is 0.689. The van der Waals surface area contributed by atoms with Crippen LogP contribution in [0.2, 0.25) is 0 Å². The second kappa shape index (κ2) is 7.33. The summed E-state index contributed by atoms with van der Waals surface area (Å²) in [6.07, 6.45) is 3.31. The largest absolute Gasteiger partial charge is 0.480 e. The SMILES string of the molecule is COc1cncc(N2CCN(C(=O)c3ccc(C)c(I)c3)CC2)n1. The molecule has 0 radical (unpaired) electrons. The molecule has 7 heteroatoms. The number of halogens is 1. The molecule has 1 aliphatic heterocycles. The van der Waals surface area contributed by atoms with Gasteiger partial charge in [-0.1, -0.05) is 6.07 Å². The van der Waals surface area contributed by atoms with E-state index in [9.17, 15) is 4.79 Å². The third kappa shape index (κ3) is 3.61. The van der Waals surface area contributed by atoms with E-state index < -0.39 is 0 Å². The third-order valence-corrected chi connectivity index (χ3v) is 5.28. The molecule has 1 amide bonds. The highest BCUT2D eigenvalue weighted by Gasteiger charge is 2.23. The fourth-order valence-corrected chi connectivity index (χ4v) is 3.15. The molecule has 2 heterocycles. The van der Waals surface area contributed by atoms with Crippen molar-refractivity contribution >= 4 is 34.3 Å². The Labute approximate surface area is 155 Å². The molecule has 0 unspecified atom stereocenters. The van der Waals surface area contributed by atoms with E-state index in [1.54, 1.807) is 19.5 Å². The molecule has 0 saturated carbocycles. The summed E-state index contributed by atoms with van der Waals surface area (Å²) in [6, 6.07) is 5.86. The van der Waals surface area contributed by atoms with Crippen LogP contribution in [0.25, 0.3) is 0 Å². The van der Waals surface area contributed by atoms with Gasteiger partial charge in [0.05, 0.1) is 19.5 Å². The topological polar surface area (TPSA) is 58.6 Å². The van der Waals surface area contributed by atoms with Crippen LogP contribution in [0.5, 0.6) is 5.88 Å². The molecular formula is C17H19IN4O2. The second-order valence-corrected chi connectivity index (χ2v) is 6.83. The summed E-state index contributed by atoms with van der Waals surface area (Å²) >= 11 is 2.27. The van der Waals surface area contributed by atoms with E-state index in [1.165, 1.54) is 5.56 Å². The lowest BCUT2D eigenvalue weighted by Crippen LogP contribution is -2.49. The number of benzene rings is 1. The summed E-state index contributed by atoms with van der Waals surface area (Å²) in [4.78, 5) is 25.2. The molecule has 0 aliphatic carbocycles. The standard InChI is InChI=1S/C17H19IN4O2/c1-12-3-4-13(9-14(12)18)17(23)22-7-5-21(6-8-22)15-10-19-11-16(20-15)24-2/h3-4,9-11H,5-8H2,1-2H3. The lowest BCUT2D eigenvalue weighted by molar-refractivity contribution is 0.0746. The molecule has 6 nitrogen and oxygen atoms in total. The van der Waals surface area contributed by atoms with E-state index in [0.29, 0.717) is 19.0 Å². The van der Waals surface area contributed by atoms with E-state index in [1.807, 2.05) is 30.0 Å². The number of carbonyl (C=O) groups is 1. The Morgan fingerprint density at radius 2 is 1.96 bits per heavy atom. The molecule has 1 aromatic carbocycles. The molecule has 0 N–H and O–H groups in total. The van der Waals surface area contributed by atoms with Gasteiger partial charge in [0.2, 0.25) is 5.88 Å². The van der Waals surface area contributed by atoms with Crippen molar-refractivity contribution in [2.75, 3.05) is 38.2 Å². The molecular weight excluding hydrogens is 419 g/mol. The Balaban J connectivity index is 1.65. The summed E-state index contributed by atoms with van der Waals surface area (Å²) in [5.41, 5.74) is 1.94. The minimum absolute atomic E-state index is 0.0873. The number of methoxy groups -OCH3 is 1. The fraction of sp³-hybridized carbons (Fsp3) is 0.353. The highest BCUT2D eigenvalue weighted by molar-refractivity contribution is 14.1. The summed E-state index contributed by atoms with van der Waals surface area (Å²) in [6.45, 7) is 4.85. The van der Waals surface area contributed by atoms with Crippen molar-refractivity contribution in [1.29, 1.82) is 0 Å². The van der Waals surface area contributed by atoms with Gasteiger partial charge in [-0.3, -0.25) is 9.78 Å². The molecule has 3 rings (SSSR count). The molecule has 1 aromatic heterocycles. The summed E-state index contributed by atoms with van der Waals surface area (Å²) < 4.78 is 6.23. The molecule has 0 atom stereocenters. The summed E-state index contributed by atoms with van der Waals surface area (Å²) in [7, 11) is 1.58. The van der Waals surface area contributed by atoms with Crippen molar-refractivity contribution in [2.45, 2.75) is 6.92 Å². The van der Waals surface area contributed by atoms with Crippen LogP contribution in [-0.4, -0.2) is 54.1 Å². The number of aromatic nitrogens is 2. The molecule has 1 saturated heterocycles. The number of anilines is 1. The predicted octanol–water partition coefficient (Wildman–Crippen LogP) is 2.36. The van der Waals surface area contributed by atoms with Gasteiger partial charge in [-0.2, -0.15) is 4.98 Å². The number of piperazine rings is 1. The number of hydrogen-bond donors (Lipinski definition) is 0. The Hall–Kier alpha value is -1.90. The molecule has 2 aromatic rings. The van der Waals surface area contributed by atoms with Crippen LogP contribution < -0.4 is 9.64 Å². The van der Waals surface area contributed by atoms with Gasteiger partial charge in [0.1, 0.15) is 0 Å². The second-order valence-electron chi connectivity index (χ2n) is 5.66. The van der Waals surface area contributed by atoms with E-state index in [4.69, 9.17) is 4.74 Å². The lowest BCUT2D eigenvalue weighted by Gasteiger charge is -2.35. The number of nitrogens with zero attached hydrogens (tertiary/aromatic N) is 4. The number of hydrogen-bond acceptors (Lipinski definition) is 5. The zero-order chi connectivity index (χ0) is 17.1. The van der Waals surface area contributed by atoms with Gasteiger partial charge in [-0.25, -0.2) is 0 Å². The van der Waals surface area contributed by atoms with Crippen molar-refractivity contribution in [3.63, 3.8) is 0 Å². The number of carbonyl (C=O) groups excluding carboxylic acids is 1. The van der Waals surface area contributed by atoms with Crippen LogP contribution in [0.15, 0.2) is 30.6 Å². The maximum absolute atomic E-state index is 12.7. The monoisotopic (exact) mass is 438 g/mol. The van der Waals surface area contributed by atoms with Gasteiger partial charge in [-0.05, 0) is 47.2 Å². The van der Waals surface area contributed by atoms with Crippen LogP contribution in [0.4, 0.5) is 5.82 Å². The minimum Gasteiger partial charge on any atom is -0.480 e. The highest BCUT2D eigenvalue weighted by Crippen LogP contribution is 2.18. The number of rotatable bonds is 3. The van der Waals surface area contributed by atoms with E-state index in [-0.39, 0.29) is 5.91 Å². The first-order valence-electron chi connectivity index (χ1n) is 7.75. The lowest BCUT2D eigenvalue weighted by atomic mass is 10.1. The van der Waals surface area contributed by atoms with Gasteiger partial charge < -0.3 is 14.5 Å². The molecule has 126 valence electrons. The van der Waals surface area contributed by atoms with Gasteiger partial charge in [0.25, 0.3) is 5.91 Å². The van der Waals surface area contributed by atoms with Gasteiger partial charge in [0.15, 0.2) is 5.82 Å². The number of amides is 1. The first-order chi connectivity index (χ1) is 11.6. The van der Waals surface area contributed by atoms with Gasteiger partial charge in [0, 0.05) is 35.3 Å². The van der Waals surface area contributed by atoms with E-state index in [0.717, 1.165) is 28.0 Å². The van der Waals surface area contributed by atoms with Crippen LogP contribution >= 0.6 is 22.6 Å². The zero-order valence-electron chi connectivity index (χ0n) is 13.7. The number of ether oxygens (including phenoxy) is 1. The van der Waals surface area contributed by atoms with Crippen LogP contribution in [0.1, 0.15) is 15.9 Å². The van der Waals surface area contributed by atoms with Crippen molar-refractivity contribution in [2.24, 2.45) is 0 Å². The number of aryl methyl sites for hydroxylation is 1. The maximum atomic E-state index is 12.7. The average Bonchev–Trinajstić information content (AvgIpc) is 2.63. The van der Waals surface area contributed by atoms with E-state index in [2.05, 4.69) is 37.5 Å². The van der Waals surface area contributed by atoms with Crippen LogP contribution in [-0.2, 0) is 0 Å². The fourth-order valence-electron chi connectivity index (χ4n) is 2.64. The average molecular weight is 438 g/mol. The van der Waals surface area contributed by atoms with E-state index >= 15 is 0 Å². The molecule has 1 fully saturated rings. The van der Waals surface area contributed by atoms with Crippen molar-refractivity contribution in [1.82, 2.24) is 14.9 Å². The smallest absolute Gasteiger partial charge is 0.254 e. The third-order valence-electron chi connectivity index (χ3n) is 4.12.